The number of benzene rings is 2. The van der Waals surface area contributed by atoms with Crippen molar-refractivity contribution in [2.75, 3.05) is 6.61 Å². The maximum Gasteiger partial charge on any atom is 0.202 e. The van der Waals surface area contributed by atoms with Crippen LogP contribution in [0.2, 0.25) is 0 Å². The molecule has 29 heavy (non-hydrogen) atoms. The molecule has 8 nitrogen and oxygen atoms in total. The fraction of sp³-hybridized carbons (Fsp3) is 0.286. The van der Waals surface area contributed by atoms with Crippen molar-refractivity contribution in [1.82, 2.24) is 0 Å². The first-order valence-electron chi connectivity index (χ1n) is 9.01. The van der Waals surface area contributed by atoms with Crippen LogP contribution in [0.15, 0.2) is 48.5 Å². The first-order valence-corrected chi connectivity index (χ1v) is 9.01. The second kappa shape index (κ2) is 9.06. The van der Waals surface area contributed by atoms with Crippen molar-refractivity contribution in [1.29, 1.82) is 0 Å². The fourth-order valence-corrected chi connectivity index (χ4v) is 2.94. The largest absolute Gasteiger partial charge is 0.508 e. The highest BCUT2D eigenvalue weighted by Crippen LogP contribution is 2.25. The number of ketones is 1. The molecule has 0 saturated carbocycles. The Kier molecular flexibility index (Phi) is 6.50. The van der Waals surface area contributed by atoms with Crippen LogP contribution in [0.5, 0.6) is 17.2 Å². The number of ether oxygens (including phenoxy) is 2. The van der Waals surface area contributed by atoms with E-state index in [9.17, 15) is 30.3 Å². The molecule has 4 atom stereocenters. The monoisotopic (exact) mass is 402 g/mol. The van der Waals surface area contributed by atoms with Crippen LogP contribution in [-0.2, 0) is 4.74 Å². The molecule has 0 bridgehead atoms. The number of phenols is 2. The third-order valence-electron chi connectivity index (χ3n) is 4.54. The Hall–Kier alpha value is -2.91. The fourth-order valence-electron chi connectivity index (χ4n) is 2.94. The third-order valence-corrected chi connectivity index (χ3v) is 4.54. The van der Waals surface area contributed by atoms with Gasteiger partial charge >= 0.3 is 0 Å². The molecule has 1 saturated heterocycles. The van der Waals surface area contributed by atoms with Gasteiger partial charge in [0.15, 0.2) is 5.78 Å². The van der Waals surface area contributed by atoms with Crippen LogP contribution in [0.3, 0.4) is 0 Å². The zero-order valence-corrected chi connectivity index (χ0v) is 15.4. The van der Waals surface area contributed by atoms with Gasteiger partial charge in [-0.05, 0) is 35.9 Å². The van der Waals surface area contributed by atoms with Gasteiger partial charge in [-0.3, -0.25) is 4.79 Å². The molecule has 2 aromatic rings. The van der Waals surface area contributed by atoms with E-state index < -0.39 is 37.0 Å². The number of carbonyl (C=O) groups excluding carboxylic acids is 1. The predicted molar refractivity (Wildman–Crippen MR) is 103 cm³/mol. The van der Waals surface area contributed by atoms with Crippen molar-refractivity contribution < 1.29 is 39.8 Å². The summed E-state index contributed by atoms with van der Waals surface area (Å²) in [6, 6.07) is 10.5. The van der Waals surface area contributed by atoms with E-state index in [0.29, 0.717) is 11.3 Å². The summed E-state index contributed by atoms with van der Waals surface area (Å²) in [5, 5.41) is 47.8. The minimum absolute atomic E-state index is 0.0595. The summed E-state index contributed by atoms with van der Waals surface area (Å²) in [7, 11) is 0. The van der Waals surface area contributed by atoms with Crippen LogP contribution < -0.4 is 4.74 Å². The molecule has 154 valence electrons. The summed E-state index contributed by atoms with van der Waals surface area (Å²) in [5.74, 6) is -0.395. The average Bonchev–Trinajstić information content (AvgIpc) is 2.69. The zero-order valence-electron chi connectivity index (χ0n) is 15.4. The highest BCUT2D eigenvalue weighted by Gasteiger charge is 2.37. The van der Waals surface area contributed by atoms with E-state index in [2.05, 4.69) is 0 Å². The molecule has 0 spiro atoms. The number of hydrogen-bond donors (Lipinski definition) is 5. The van der Waals surface area contributed by atoms with Gasteiger partial charge in [-0.15, -0.1) is 0 Å². The second-order valence-electron chi connectivity index (χ2n) is 6.67. The Morgan fingerprint density at radius 1 is 1.14 bits per heavy atom. The quantitative estimate of drug-likeness (QED) is 0.359. The molecule has 1 aliphatic rings. The molecule has 3 rings (SSSR count). The van der Waals surface area contributed by atoms with Crippen molar-refractivity contribution in [3.8, 4) is 17.2 Å². The summed E-state index contributed by atoms with van der Waals surface area (Å²) < 4.78 is 11.0. The van der Waals surface area contributed by atoms with Crippen LogP contribution in [0.1, 0.15) is 22.3 Å². The molecular weight excluding hydrogens is 380 g/mol. The molecule has 0 aliphatic carbocycles. The van der Waals surface area contributed by atoms with Gasteiger partial charge in [0.1, 0.15) is 29.5 Å². The number of allylic oxidation sites excluding steroid dienone is 1. The molecule has 1 aliphatic heterocycles. The maximum atomic E-state index is 12.2. The Balaban J connectivity index is 1.61. The van der Waals surface area contributed by atoms with Crippen LogP contribution in [0.4, 0.5) is 0 Å². The molecule has 8 heteroatoms. The van der Waals surface area contributed by atoms with Crippen LogP contribution in [-0.4, -0.2) is 62.5 Å². The number of aromatic hydroxyl groups is 2. The van der Waals surface area contributed by atoms with Crippen LogP contribution >= 0.6 is 0 Å². The first-order chi connectivity index (χ1) is 13.9. The predicted octanol–water partition coefficient (Wildman–Crippen LogP) is 1.20. The summed E-state index contributed by atoms with van der Waals surface area (Å²) in [4.78, 5) is 12.2. The average molecular weight is 402 g/mol. The molecule has 0 amide bonds. The smallest absolute Gasteiger partial charge is 0.202 e. The molecule has 1 fully saturated rings. The molecule has 1 heterocycles. The van der Waals surface area contributed by atoms with Gasteiger partial charge < -0.3 is 35.0 Å². The standard InChI is InChI=1S/C21H22O8/c22-11-19-21(27)18(26)10-20(29-19)28-14-5-1-12(2-6-14)3-8-16(24)15-7-4-13(23)9-17(15)25/h1-9,18-23,25-27H,10-11H2. The molecular formula is C21H22O8. The van der Waals surface area contributed by atoms with E-state index in [4.69, 9.17) is 9.47 Å². The van der Waals surface area contributed by atoms with Gasteiger partial charge in [0.25, 0.3) is 0 Å². The summed E-state index contributed by atoms with van der Waals surface area (Å²) in [6.07, 6.45) is -1.04. The van der Waals surface area contributed by atoms with E-state index >= 15 is 0 Å². The van der Waals surface area contributed by atoms with Gasteiger partial charge in [-0.1, -0.05) is 18.2 Å². The van der Waals surface area contributed by atoms with Gasteiger partial charge in [0.2, 0.25) is 6.29 Å². The topological polar surface area (TPSA) is 137 Å². The molecule has 0 radical (unpaired) electrons. The van der Waals surface area contributed by atoms with Crippen molar-refractivity contribution in [2.24, 2.45) is 0 Å². The number of carbonyl (C=O) groups is 1. The lowest BCUT2D eigenvalue weighted by Crippen LogP contribution is -2.51. The number of hydrogen-bond acceptors (Lipinski definition) is 8. The summed E-state index contributed by atoms with van der Waals surface area (Å²) in [6.45, 7) is -0.438. The van der Waals surface area contributed by atoms with Crippen molar-refractivity contribution >= 4 is 11.9 Å². The van der Waals surface area contributed by atoms with E-state index in [0.717, 1.165) is 6.07 Å². The minimum atomic E-state index is -1.17. The van der Waals surface area contributed by atoms with E-state index in [1.807, 2.05) is 0 Å². The van der Waals surface area contributed by atoms with E-state index in [-0.39, 0.29) is 23.5 Å². The summed E-state index contributed by atoms with van der Waals surface area (Å²) in [5.41, 5.74) is 0.782. The lowest BCUT2D eigenvalue weighted by Gasteiger charge is -2.36. The van der Waals surface area contributed by atoms with Crippen LogP contribution in [0, 0.1) is 0 Å². The highest BCUT2D eigenvalue weighted by atomic mass is 16.7. The SMILES string of the molecule is O=C(C=Cc1ccc(OC2CC(O)C(O)C(CO)O2)cc1)c1ccc(O)cc1O. The Morgan fingerprint density at radius 3 is 2.52 bits per heavy atom. The normalized spacial score (nSPS) is 24.5. The first kappa shape index (κ1) is 20.8. The van der Waals surface area contributed by atoms with Crippen molar-refractivity contribution in [3.63, 3.8) is 0 Å². The highest BCUT2D eigenvalue weighted by molar-refractivity contribution is 6.08. The Morgan fingerprint density at radius 2 is 1.86 bits per heavy atom. The van der Waals surface area contributed by atoms with Gasteiger partial charge in [-0.25, -0.2) is 0 Å². The summed E-state index contributed by atoms with van der Waals surface area (Å²) >= 11 is 0. The zero-order chi connectivity index (χ0) is 21.0. The molecule has 0 aromatic heterocycles. The van der Waals surface area contributed by atoms with Gasteiger partial charge in [-0.2, -0.15) is 0 Å². The number of rotatable bonds is 6. The Labute approximate surface area is 166 Å². The van der Waals surface area contributed by atoms with Gasteiger partial charge in [0.05, 0.1) is 18.3 Å². The Bertz CT molecular complexity index is 877. The minimum Gasteiger partial charge on any atom is -0.508 e. The van der Waals surface area contributed by atoms with E-state index in [1.54, 1.807) is 30.3 Å². The van der Waals surface area contributed by atoms with Crippen molar-refractivity contribution in [3.05, 3.63) is 59.7 Å². The van der Waals surface area contributed by atoms with Crippen LogP contribution in [0.25, 0.3) is 6.08 Å². The molecule has 4 unspecified atom stereocenters. The number of phenolic OH excluding ortho intramolecular Hbond substituents is 2. The number of aliphatic hydroxyl groups excluding tert-OH is 3. The second-order valence-corrected chi connectivity index (χ2v) is 6.67. The lowest BCUT2D eigenvalue weighted by atomic mass is 10.0. The maximum absolute atomic E-state index is 12.2. The molecule has 5 N–H and O–H groups in total. The van der Waals surface area contributed by atoms with E-state index in [1.165, 1.54) is 18.2 Å². The van der Waals surface area contributed by atoms with Crippen molar-refractivity contribution in [2.45, 2.75) is 31.0 Å². The third kappa shape index (κ3) is 5.12. The van der Waals surface area contributed by atoms with Gasteiger partial charge in [0, 0.05) is 12.5 Å². The molecule has 2 aromatic carbocycles. The lowest BCUT2D eigenvalue weighted by molar-refractivity contribution is -0.229. The number of aliphatic hydroxyl groups is 3.